The van der Waals surface area contributed by atoms with E-state index >= 15 is 0 Å². The minimum Gasteiger partial charge on any atom is -0.508 e. The quantitative estimate of drug-likeness (QED) is 0.821. The number of nitrogens with zero attached hydrogens (tertiary/aromatic N) is 1. The molecule has 1 aromatic carbocycles. The van der Waals surface area contributed by atoms with E-state index in [1.165, 1.54) is 18.2 Å². The number of aromatic hydroxyl groups is 2. The molecule has 1 heterocycles. The fourth-order valence-electron chi connectivity index (χ4n) is 2.04. The van der Waals surface area contributed by atoms with Crippen molar-refractivity contribution in [1.29, 1.82) is 0 Å². The van der Waals surface area contributed by atoms with Crippen LogP contribution in [-0.4, -0.2) is 39.4 Å². The van der Waals surface area contributed by atoms with Crippen molar-refractivity contribution in [3.8, 4) is 11.5 Å². The van der Waals surface area contributed by atoms with Gasteiger partial charge >= 0.3 is 0 Å². The molecule has 5 heteroatoms. The van der Waals surface area contributed by atoms with Crippen LogP contribution < -0.4 is 0 Å². The van der Waals surface area contributed by atoms with E-state index < -0.39 is 0 Å². The van der Waals surface area contributed by atoms with Crippen LogP contribution in [0.3, 0.4) is 0 Å². The summed E-state index contributed by atoms with van der Waals surface area (Å²) in [6, 6.07) is 3.97. The summed E-state index contributed by atoms with van der Waals surface area (Å²) < 4.78 is 0. The second-order valence-electron chi connectivity index (χ2n) is 4.30. The van der Waals surface area contributed by atoms with Gasteiger partial charge < -0.3 is 15.1 Å². The maximum absolute atomic E-state index is 12.1. The van der Waals surface area contributed by atoms with Crippen molar-refractivity contribution in [2.45, 2.75) is 6.42 Å². The van der Waals surface area contributed by atoms with E-state index in [1.54, 1.807) is 4.90 Å². The molecule has 0 bridgehead atoms. The number of rotatable bonds is 2. The highest BCUT2D eigenvalue weighted by molar-refractivity contribution is 9.09. The van der Waals surface area contributed by atoms with Crippen LogP contribution in [0, 0.1) is 5.92 Å². The third-order valence-electron chi connectivity index (χ3n) is 2.94. The van der Waals surface area contributed by atoms with E-state index in [1.807, 2.05) is 0 Å². The Morgan fingerprint density at radius 3 is 2.53 bits per heavy atom. The summed E-state index contributed by atoms with van der Waals surface area (Å²) in [4.78, 5) is 13.9. The van der Waals surface area contributed by atoms with E-state index in [9.17, 15) is 15.0 Å². The van der Waals surface area contributed by atoms with Crippen LogP contribution in [0.5, 0.6) is 11.5 Å². The Labute approximate surface area is 108 Å². The standard InChI is InChI=1S/C12H14BrNO3/c13-6-8-1-2-14(7-8)12(17)9-3-10(15)5-11(16)4-9/h3-5,8,15-16H,1-2,6-7H2. The number of hydrogen-bond donors (Lipinski definition) is 2. The monoisotopic (exact) mass is 299 g/mol. The maximum atomic E-state index is 12.1. The van der Waals surface area contributed by atoms with Crippen LogP contribution in [0.1, 0.15) is 16.8 Å². The molecule has 1 atom stereocenters. The molecule has 0 saturated carbocycles. The van der Waals surface area contributed by atoms with E-state index in [4.69, 9.17) is 0 Å². The highest BCUT2D eigenvalue weighted by Crippen LogP contribution is 2.24. The average Bonchev–Trinajstić information content (AvgIpc) is 2.75. The van der Waals surface area contributed by atoms with Gasteiger partial charge in [-0.1, -0.05) is 15.9 Å². The van der Waals surface area contributed by atoms with Crippen molar-refractivity contribution < 1.29 is 15.0 Å². The molecule has 0 radical (unpaired) electrons. The highest BCUT2D eigenvalue weighted by atomic mass is 79.9. The third kappa shape index (κ3) is 2.72. The number of carbonyl (C=O) groups is 1. The molecule has 1 aliphatic rings. The number of phenolic OH excluding ortho intramolecular Hbond substituents is 2. The first kappa shape index (κ1) is 12.2. The summed E-state index contributed by atoms with van der Waals surface area (Å²) in [5, 5.41) is 19.6. The minimum absolute atomic E-state index is 0.0930. The Kier molecular flexibility index (Phi) is 3.57. The van der Waals surface area contributed by atoms with Crippen LogP contribution in [0.4, 0.5) is 0 Å². The smallest absolute Gasteiger partial charge is 0.254 e. The van der Waals surface area contributed by atoms with Crippen LogP contribution in [-0.2, 0) is 0 Å². The van der Waals surface area contributed by atoms with Crippen molar-refractivity contribution in [1.82, 2.24) is 4.90 Å². The average molecular weight is 300 g/mol. The lowest BCUT2D eigenvalue weighted by molar-refractivity contribution is 0.0787. The first-order valence-corrected chi connectivity index (χ1v) is 6.60. The van der Waals surface area contributed by atoms with E-state index in [-0.39, 0.29) is 17.4 Å². The SMILES string of the molecule is O=C(c1cc(O)cc(O)c1)N1CCC(CBr)C1. The van der Waals surface area contributed by atoms with E-state index in [0.29, 0.717) is 11.5 Å². The van der Waals surface area contributed by atoms with Crippen LogP contribution in [0.15, 0.2) is 18.2 Å². The number of carbonyl (C=O) groups excluding carboxylic acids is 1. The zero-order chi connectivity index (χ0) is 12.4. The maximum Gasteiger partial charge on any atom is 0.254 e. The van der Waals surface area contributed by atoms with Gasteiger partial charge in [0, 0.05) is 30.0 Å². The molecule has 2 rings (SSSR count). The zero-order valence-electron chi connectivity index (χ0n) is 9.27. The molecule has 1 unspecified atom stereocenters. The van der Waals surface area contributed by atoms with Crippen molar-refractivity contribution >= 4 is 21.8 Å². The Balaban J connectivity index is 2.14. The third-order valence-corrected chi connectivity index (χ3v) is 3.86. The lowest BCUT2D eigenvalue weighted by Gasteiger charge is -2.16. The van der Waals surface area contributed by atoms with Gasteiger partial charge in [0.15, 0.2) is 0 Å². The van der Waals surface area contributed by atoms with Gasteiger partial charge in [0.2, 0.25) is 0 Å². The molecule has 0 spiro atoms. The minimum atomic E-state index is -0.139. The molecule has 4 nitrogen and oxygen atoms in total. The molecular formula is C12H14BrNO3. The first-order valence-electron chi connectivity index (χ1n) is 5.48. The molecule has 2 N–H and O–H groups in total. The topological polar surface area (TPSA) is 60.8 Å². The summed E-state index contributed by atoms with van der Waals surface area (Å²) in [5.74, 6) is 0.165. The molecule has 17 heavy (non-hydrogen) atoms. The fourth-order valence-corrected chi connectivity index (χ4v) is 2.57. The van der Waals surface area contributed by atoms with Gasteiger partial charge in [0.05, 0.1) is 0 Å². The number of halogens is 1. The summed E-state index contributed by atoms with van der Waals surface area (Å²) in [7, 11) is 0. The Morgan fingerprint density at radius 1 is 1.35 bits per heavy atom. The van der Waals surface area contributed by atoms with Gasteiger partial charge in [-0.25, -0.2) is 0 Å². The molecule has 1 aromatic rings. The van der Waals surface area contributed by atoms with Crippen molar-refractivity contribution in [3.63, 3.8) is 0 Å². The summed E-state index contributed by atoms with van der Waals surface area (Å²) in [6.07, 6.45) is 0.988. The molecule has 1 aliphatic heterocycles. The van der Waals surface area contributed by atoms with Crippen molar-refractivity contribution in [3.05, 3.63) is 23.8 Å². The Bertz CT molecular complexity index is 416. The van der Waals surface area contributed by atoms with Crippen molar-refractivity contribution in [2.24, 2.45) is 5.92 Å². The van der Waals surface area contributed by atoms with Crippen molar-refractivity contribution in [2.75, 3.05) is 18.4 Å². The summed E-state index contributed by atoms with van der Waals surface area (Å²) >= 11 is 3.41. The number of hydrogen-bond acceptors (Lipinski definition) is 3. The Morgan fingerprint density at radius 2 is 2.00 bits per heavy atom. The number of alkyl halides is 1. The normalized spacial score (nSPS) is 19.6. The van der Waals surface area contributed by atoms with Gasteiger partial charge in [0.1, 0.15) is 11.5 Å². The second-order valence-corrected chi connectivity index (χ2v) is 4.95. The molecule has 0 aliphatic carbocycles. The Hall–Kier alpha value is -1.23. The fraction of sp³-hybridized carbons (Fsp3) is 0.417. The largest absolute Gasteiger partial charge is 0.508 e. The number of amides is 1. The van der Waals surface area contributed by atoms with Crippen LogP contribution in [0.25, 0.3) is 0 Å². The molecule has 1 amide bonds. The zero-order valence-corrected chi connectivity index (χ0v) is 10.9. The van der Waals surface area contributed by atoms with E-state index in [0.717, 1.165) is 24.8 Å². The van der Waals surface area contributed by atoms with Gasteiger partial charge in [0.25, 0.3) is 5.91 Å². The van der Waals surface area contributed by atoms with Crippen LogP contribution in [0.2, 0.25) is 0 Å². The summed E-state index contributed by atoms with van der Waals surface area (Å²) in [5.41, 5.74) is 0.331. The predicted molar refractivity (Wildman–Crippen MR) is 67.6 cm³/mol. The molecular weight excluding hydrogens is 286 g/mol. The van der Waals surface area contributed by atoms with E-state index in [2.05, 4.69) is 15.9 Å². The molecule has 0 aromatic heterocycles. The lowest BCUT2D eigenvalue weighted by atomic mass is 10.1. The van der Waals surface area contributed by atoms with Gasteiger partial charge in [-0.05, 0) is 24.5 Å². The van der Waals surface area contributed by atoms with Gasteiger partial charge in [-0.2, -0.15) is 0 Å². The van der Waals surface area contributed by atoms with Gasteiger partial charge in [-0.15, -0.1) is 0 Å². The van der Waals surface area contributed by atoms with Crippen LogP contribution >= 0.6 is 15.9 Å². The number of phenols is 2. The first-order chi connectivity index (χ1) is 8.10. The number of benzene rings is 1. The molecule has 92 valence electrons. The lowest BCUT2D eigenvalue weighted by Crippen LogP contribution is -2.28. The molecule has 1 fully saturated rings. The van der Waals surface area contributed by atoms with Gasteiger partial charge in [-0.3, -0.25) is 4.79 Å². The second kappa shape index (κ2) is 4.96. The predicted octanol–water partition coefficient (Wildman–Crippen LogP) is 1.95. The number of likely N-dealkylation sites (tertiary alicyclic amines) is 1. The highest BCUT2D eigenvalue weighted by Gasteiger charge is 2.26. The molecule has 1 saturated heterocycles. The summed E-state index contributed by atoms with van der Waals surface area (Å²) in [6.45, 7) is 1.45.